The zero-order valence-corrected chi connectivity index (χ0v) is 11.9. The van der Waals surface area contributed by atoms with Crippen LogP contribution in [0.5, 0.6) is 0 Å². The van der Waals surface area contributed by atoms with E-state index in [9.17, 15) is 20.0 Å². The summed E-state index contributed by atoms with van der Waals surface area (Å²) in [7, 11) is 1.46. The third-order valence-electron chi connectivity index (χ3n) is 3.18. The summed E-state index contributed by atoms with van der Waals surface area (Å²) in [5, 5.41) is 26.1. The summed E-state index contributed by atoms with van der Waals surface area (Å²) in [4.78, 5) is 22.0. The van der Waals surface area contributed by atoms with Crippen molar-refractivity contribution in [3.8, 4) is 0 Å². The molecular formula is C13H19N3O4. The summed E-state index contributed by atoms with van der Waals surface area (Å²) in [6.07, 6.45) is -0.708. The van der Waals surface area contributed by atoms with Gasteiger partial charge in [-0.25, -0.2) is 0 Å². The van der Waals surface area contributed by atoms with Gasteiger partial charge in [0.15, 0.2) is 0 Å². The standard InChI is InChI=1S/C13H19N3O4/c1-8(17)13(2,3)15-10-6-5-9(12(18)14-4)7-11(10)16(19)20/h5-8,15,17H,1-4H3,(H,14,18)/t8-/m0/s1. The normalized spacial score (nSPS) is 12.7. The van der Waals surface area contributed by atoms with E-state index in [0.717, 1.165) is 0 Å². The smallest absolute Gasteiger partial charge is 0.293 e. The molecule has 1 aromatic rings. The van der Waals surface area contributed by atoms with Crippen LogP contribution < -0.4 is 10.6 Å². The molecule has 0 bridgehead atoms. The molecule has 0 aliphatic rings. The quantitative estimate of drug-likeness (QED) is 0.560. The van der Waals surface area contributed by atoms with Gasteiger partial charge >= 0.3 is 0 Å². The molecule has 7 nitrogen and oxygen atoms in total. The first kappa shape index (κ1) is 15.9. The fourth-order valence-corrected chi connectivity index (χ4v) is 1.53. The highest BCUT2D eigenvalue weighted by Gasteiger charge is 2.27. The van der Waals surface area contributed by atoms with Crippen molar-refractivity contribution in [3.05, 3.63) is 33.9 Å². The van der Waals surface area contributed by atoms with Crippen LogP contribution in [0.4, 0.5) is 11.4 Å². The summed E-state index contributed by atoms with van der Waals surface area (Å²) in [5.41, 5.74) is -0.479. The lowest BCUT2D eigenvalue weighted by Gasteiger charge is -2.30. The molecule has 1 aromatic carbocycles. The van der Waals surface area contributed by atoms with E-state index in [1.165, 1.54) is 25.2 Å². The summed E-state index contributed by atoms with van der Waals surface area (Å²) in [6, 6.07) is 4.17. The second-order valence-corrected chi connectivity index (χ2v) is 5.09. The molecular weight excluding hydrogens is 262 g/mol. The Hall–Kier alpha value is -2.15. The number of aliphatic hydroxyl groups excluding tert-OH is 1. The first-order chi connectivity index (χ1) is 9.19. The molecule has 0 saturated carbocycles. The molecule has 0 aromatic heterocycles. The average molecular weight is 281 g/mol. The maximum absolute atomic E-state index is 11.5. The molecule has 1 rings (SSSR count). The van der Waals surface area contributed by atoms with Gasteiger partial charge in [0, 0.05) is 18.7 Å². The van der Waals surface area contributed by atoms with Gasteiger partial charge in [0.2, 0.25) is 0 Å². The van der Waals surface area contributed by atoms with E-state index in [-0.39, 0.29) is 16.9 Å². The number of nitro benzene ring substituents is 1. The first-order valence-corrected chi connectivity index (χ1v) is 6.16. The Bertz CT molecular complexity index is 526. The Balaban J connectivity index is 3.21. The minimum Gasteiger partial charge on any atom is -0.391 e. The van der Waals surface area contributed by atoms with Gasteiger partial charge in [-0.15, -0.1) is 0 Å². The molecule has 0 saturated heterocycles. The van der Waals surface area contributed by atoms with Crippen LogP contribution in [0.1, 0.15) is 31.1 Å². The van der Waals surface area contributed by atoms with Crippen molar-refractivity contribution in [1.29, 1.82) is 0 Å². The van der Waals surface area contributed by atoms with Crippen LogP contribution in [-0.2, 0) is 0 Å². The van der Waals surface area contributed by atoms with Crippen LogP contribution in [0, 0.1) is 10.1 Å². The summed E-state index contributed by atoms with van der Waals surface area (Å²) in [5.74, 6) is -0.394. The van der Waals surface area contributed by atoms with E-state index in [1.54, 1.807) is 20.8 Å². The van der Waals surface area contributed by atoms with Crippen molar-refractivity contribution < 1.29 is 14.8 Å². The van der Waals surface area contributed by atoms with Gasteiger partial charge in [0.05, 0.1) is 16.6 Å². The van der Waals surface area contributed by atoms with Crippen LogP contribution in [0.2, 0.25) is 0 Å². The number of carbonyl (C=O) groups is 1. The third kappa shape index (κ3) is 3.45. The Labute approximate surface area is 117 Å². The molecule has 7 heteroatoms. The van der Waals surface area contributed by atoms with Crippen molar-refractivity contribution in [3.63, 3.8) is 0 Å². The molecule has 0 aliphatic carbocycles. The SMILES string of the molecule is CNC(=O)c1ccc(NC(C)(C)[C@H](C)O)c([N+](=O)[O-])c1. The number of amides is 1. The van der Waals surface area contributed by atoms with Crippen LogP contribution in [-0.4, -0.2) is 34.6 Å². The molecule has 110 valence electrons. The molecule has 0 heterocycles. The zero-order valence-electron chi connectivity index (χ0n) is 11.9. The van der Waals surface area contributed by atoms with Crippen molar-refractivity contribution >= 4 is 17.3 Å². The fraction of sp³-hybridized carbons (Fsp3) is 0.462. The number of benzene rings is 1. The molecule has 0 aliphatic heterocycles. The van der Waals surface area contributed by atoms with E-state index in [0.29, 0.717) is 0 Å². The first-order valence-electron chi connectivity index (χ1n) is 6.16. The van der Waals surface area contributed by atoms with Gasteiger partial charge in [-0.3, -0.25) is 14.9 Å². The van der Waals surface area contributed by atoms with Crippen LogP contribution >= 0.6 is 0 Å². The third-order valence-corrected chi connectivity index (χ3v) is 3.18. The summed E-state index contributed by atoms with van der Waals surface area (Å²) >= 11 is 0. The largest absolute Gasteiger partial charge is 0.391 e. The lowest BCUT2D eigenvalue weighted by Crippen LogP contribution is -2.42. The highest BCUT2D eigenvalue weighted by Crippen LogP contribution is 2.29. The number of nitrogens with one attached hydrogen (secondary N) is 2. The number of anilines is 1. The zero-order chi connectivity index (χ0) is 15.5. The number of nitrogens with zero attached hydrogens (tertiary/aromatic N) is 1. The molecule has 1 amide bonds. The van der Waals surface area contributed by atoms with Crippen molar-refractivity contribution in [1.82, 2.24) is 5.32 Å². The molecule has 0 spiro atoms. The van der Waals surface area contributed by atoms with Crippen LogP contribution in [0.15, 0.2) is 18.2 Å². The van der Waals surface area contributed by atoms with Crippen molar-refractivity contribution in [2.45, 2.75) is 32.4 Å². The second-order valence-electron chi connectivity index (χ2n) is 5.09. The predicted octanol–water partition coefficient (Wildman–Crippen LogP) is 1.53. The van der Waals surface area contributed by atoms with Crippen LogP contribution in [0.25, 0.3) is 0 Å². The number of aliphatic hydroxyl groups is 1. The lowest BCUT2D eigenvalue weighted by atomic mass is 9.98. The van der Waals surface area contributed by atoms with Gasteiger partial charge in [0.25, 0.3) is 11.6 Å². The van der Waals surface area contributed by atoms with Gasteiger partial charge in [-0.2, -0.15) is 0 Å². The van der Waals surface area contributed by atoms with Crippen LogP contribution in [0.3, 0.4) is 0 Å². The maximum atomic E-state index is 11.5. The van der Waals surface area contributed by atoms with Gasteiger partial charge in [-0.05, 0) is 32.9 Å². The van der Waals surface area contributed by atoms with E-state index in [4.69, 9.17) is 0 Å². The minimum atomic E-state index is -0.737. The van der Waals surface area contributed by atoms with Crippen molar-refractivity contribution in [2.24, 2.45) is 0 Å². The summed E-state index contributed by atoms with van der Waals surface area (Å²) in [6.45, 7) is 5.06. The molecule has 0 unspecified atom stereocenters. The van der Waals surface area contributed by atoms with E-state index >= 15 is 0 Å². The van der Waals surface area contributed by atoms with Gasteiger partial charge < -0.3 is 15.7 Å². The number of carbonyl (C=O) groups excluding carboxylic acids is 1. The fourth-order valence-electron chi connectivity index (χ4n) is 1.53. The highest BCUT2D eigenvalue weighted by molar-refractivity contribution is 5.95. The van der Waals surface area contributed by atoms with E-state index in [1.807, 2.05) is 0 Å². The lowest BCUT2D eigenvalue weighted by molar-refractivity contribution is -0.384. The highest BCUT2D eigenvalue weighted by atomic mass is 16.6. The number of hydrogen-bond donors (Lipinski definition) is 3. The molecule has 20 heavy (non-hydrogen) atoms. The molecule has 1 atom stereocenters. The molecule has 3 N–H and O–H groups in total. The second kappa shape index (κ2) is 5.87. The Kier molecular flexibility index (Phi) is 4.67. The number of nitro groups is 1. The minimum absolute atomic E-state index is 0.208. The Morgan fingerprint density at radius 2 is 2.05 bits per heavy atom. The topological polar surface area (TPSA) is 104 Å². The average Bonchev–Trinajstić information content (AvgIpc) is 2.37. The number of rotatable bonds is 5. The maximum Gasteiger partial charge on any atom is 0.293 e. The Morgan fingerprint density at radius 3 is 2.50 bits per heavy atom. The molecule has 0 radical (unpaired) electrons. The van der Waals surface area contributed by atoms with Crippen molar-refractivity contribution in [2.75, 3.05) is 12.4 Å². The van der Waals surface area contributed by atoms with Gasteiger partial charge in [0.1, 0.15) is 5.69 Å². The number of hydrogen-bond acceptors (Lipinski definition) is 5. The van der Waals surface area contributed by atoms with E-state index < -0.39 is 22.5 Å². The molecule has 0 fully saturated rings. The monoisotopic (exact) mass is 281 g/mol. The Morgan fingerprint density at radius 1 is 1.45 bits per heavy atom. The predicted molar refractivity (Wildman–Crippen MR) is 75.9 cm³/mol. The summed E-state index contributed by atoms with van der Waals surface area (Å²) < 4.78 is 0. The van der Waals surface area contributed by atoms with E-state index in [2.05, 4.69) is 10.6 Å². The van der Waals surface area contributed by atoms with Gasteiger partial charge in [-0.1, -0.05) is 0 Å².